The van der Waals surface area contributed by atoms with Crippen molar-refractivity contribution in [3.63, 3.8) is 0 Å². The first-order valence-corrected chi connectivity index (χ1v) is 8.90. The highest BCUT2D eigenvalue weighted by molar-refractivity contribution is 6.01. The number of esters is 1. The number of fused-ring (bicyclic) bond motifs is 1. The lowest BCUT2D eigenvalue weighted by Gasteiger charge is -2.13. The number of aromatic nitrogens is 2. The Bertz CT molecular complexity index is 1270. The van der Waals surface area contributed by atoms with Crippen molar-refractivity contribution < 1.29 is 13.9 Å². The van der Waals surface area contributed by atoms with E-state index in [1.54, 1.807) is 48.1 Å². The Morgan fingerprint density at radius 1 is 1.10 bits per heavy atom. The van der Waals surface area contributed by atoms with Crippen LogP contribution in [0.15, 0.2) is 65.7 Å². The molecule has 2 aromatic heterocycles. The Kier molecular flexibility index (Phi) is 4.64. The number of H-pyrrole nitrogens is 1. The second-order valence-electron chi connectivity index (χ2n) is 6.61. The Hall–Kier alpha value is -3.87. The summed E-state index contributed by atoms with van der Waals surface area (Å²) < 4.78 is 19.8. The van der Waals surface area contributed by atoms with Crippen LogP contribution in [-0.4, -0.2) is 22.6 Å². The molecule has 0 atom stereocenters. The second-order valence-corrected chi connectivity index (χ2v) is 6.61. The predicted octanol–water partition coefficient (Wildman–Crippen LogP) is 4.20. The Labute approximate surface area is 165 Å². The minimum Gasteiger partial charge on any atom is -0.465 e. The number of anilines is 2. The van der Waals surface area contributed by atoms with Gasteiger partial charge in [-0.1, -0.05) is 0 Å². The summed E-state index contributed by atoms with van der Waals surface area (Å²) in [6.07, 6.45) is 3.43. The molecule has 4 aromatic rings. The van der Waals surface area contributed by atoms with Gasteiger partial charge in [-0.3, -0.25) is 4.79 Å². The van der Waals surface area contributed by atoms with Gasteiger partial charge in [0.25, 0.3) is 5.56 Å². The molecule has 2 aromatic carbocycles. The van der Waals surface area contributed by atoms with Gasteiger partial charge in [-0.2, -0.15) is 0 Å². The SMILES string of the molecule is COC(=O)c1ccc(Nc2ccc(F)cc2)c(-c2cn(C)c3c(=O)[nH]ccc23)c1. The van der Waals surface area contributed by atoms with E-state index in [9.17, 15) is 14.0 Å². The maximum Gasteiger partial charge on any atom is 0.337 e. The molecule has 4 rings (SSSR count). The third-order valence-electron chi connectivity index (χ3n) is 4.75. The molecule has 146 valence electrons. The molecule has 0 aliphatic rings. The number of nitrogens with one attached hydrogen (secondary N) is 2. The zero-order valence-electron chi connectivity index (χ0n) is 15.8. The number of nitrogens with zero attached hydrogens (tertiary/aromatic N) is 1. The highest BCUT2D eigenvalue weighted by atomic mass is 19.1. The van der Waals surface area contributed by atoms with Crippen LogP contribution in [0.25, 0.3) is 22.0 Å². The first-order valence-electron chi connectivity index (χ1n) is 8.90. The molecule has 0 fully saturated rings. The fourth-order valence-electron chi connectivity index (χ4n) is 3.39. The number of carbonyl (C=O) groups is 1. The fraction of sp³-hybridized carbons (Fsp3) is 0.0909. The molecule has 0 aliphatic carbocycles. The lowest BCUT2D eigenvalue weighted by Crippen LogP contribution is -2.07. The molecule has 0 unspecified atom stereocenters. The van der Waals surface area contributed by atoms with Crippen LogP contribution in [0.5, 0.6) is 0 Å². The van der Waals surface area contributed by atoms with Crippen LogP contribution in [0.2, 0.25) is 0 Å². The van der Waals surface area contributed by atoms with Crippen molar-refractivity contribution in [3.05, 3.63) is 82.7 Å². The molecule has 0 bridgehead atoms. The van der Waals surface area contributed by atoms with Crippen molar-refractivity contribution in [2.45, 2.75) is 0 Å². The van der Waals surface area contributed by atoms with E-state index in [0.717, 1.165) is 10.9 Å². The summed E-state index contributed by atoms with van der Waals surface area (Å²) in [4.78, 5) is 27.0. The molecule has 2 heterocycles. The monoisotopic (exact) mass is 391 g/mol. The summed E-state index contributed by atoms with van der Waals surface area (Å²) in [6, 6.07) is 12.9. The van der Waals surface area contributed by atoms with Crippen molar-refractivity contribution in [3.8, 4) is 11.1 Å². The lowest BCUT2D eigenvalue weighted by atomic mass is 10.0. The number of aromatic amines is 1. The number of pyridine rings is 1. The minimum atomic E-state index is -0.460. The molecule has 0 aliphatic heterocycles. The number of aryl methyl sites for hydroxylation is 1. The third-order valence-corrected chi connectivity index (χ3v) is 4.75. The zero-order chi connectivity index (χ0) is 20.5. The first-order chi connectivity index (χ1) is 14.0. The molecular formula is C22H18FN3O3. The van der Waals surface area contributed by atoms with Crippen LogP contribution >= 0.6 is 0 Å². The molecule has 29 heavy (non-hydrogen) atoms. The summed E-state index contributed by atoms with van der Waals surface area (Å²) >= 11 is 0. The van der Waals surface area contributed by atoms with Gasteiger partial charge in [0.15, 0.2) is 0 Å². The van der Waals surface area contributed by atoms with Gasteiger partial charge < -0.3 is 19.6 Å². The topological polar surface area (TPSA) is 76.1 Å². The Balaban J connectivity index is 1.92. The Morgan fingerprint density at radius 3 is 2.59 bits per heavy atom. The molecule has 7 heteroatoms. The predicted molar refractivity (Wildman–Crippen MR) is 110 cm³/mol. The van der Waals surface area contributed by atoms with Crippen molar-refractivity contribution in [1.82, 2.24) is 9.55 Å². The van der Waals surface area contributed by atoms with E-state index in [1.807, 2.05) is 12.3 Å². The third kappa shape index (κ3) is 3.38. The number of hydrogen-bond donors (Lipinski definition) is 2. The number of halogens is 1. The van der Waals surface area contributed by atoms with Crippen molar-refractivity contribution in [2.24, 2.45) is 7.05 Å². The van der Waals surface area contributed by atoms with Crippen LogP contribution in [0.3, 0.4) is 0 Å². The summed E-state index contributed by atoms with van der Waals surface area (Å²) in [6.45, 7) is 0. The van der Waals surface area contributed by atoms with Crippen molar-refractivity contribution in [2.75, 3.05) is 12.4 Å². The van der Waals surface area contributed by atoms with Crippen LogP contribution in [0.1, 0.15) is 10.4 Å². The van der Waals surface area contributed by atoms with Gasteiger partial charge in [-0.25, -0.2) is 9.18 Å². The molecule has 0 saturated carbocycles. The molecule has 2 N–H and O–H groups in total. The zero-order valence-corrected chi connectivity index (χ0v) is 15.8. The van der Waals surface area contributed by atoms with E-state index in [1.165, 1.54) is 19.2 Å². The van der Waals surface area contributed by atoms with Crippen LogP contribution in [0, 0.1) is 5.82 Å². The maximum absolute atomic E-state index is 13.3. The molecule has 0 saturated heterocycles. The lowest BCUT2D eigenvalue weighted by molar-refractivity contribution is 0.0601. The van der Waals surface area contributed by atoms with Gasteiger partial charge in [0, 0.05) is 47.3 Å². The van der Waals surface area contributed by atoms with E-state index in [4.69, 9.17) is 4.74 Å². The standard InChI is InChI=1S/C22H18FN3O3/c1-26-12-18(16-9-10-24-21(27)20(16)26)17-11-13(22(28)29-2)3-8-19(17)25-15-6-4-14(23)5-7-15/h3-12,25H,1-2H3,(H,24,27). The first kappa shape index (κ1) is 18.5. The molecular weight excluding hydrogens is 373 g/mol. The van der Waals surface area contributed by atoms with E-state index >= 15 is 0 Å². The van der Waals surface area contributed by atoms with Crippen LogP contribution in [-0.2, 0) is 11.8 Å². The number of rotatable bonds is 4. The number of methoxy groups -OCH3 is 1. The average molecular weight is 391 g/mol. The van der Waals surface area contributed by atoms with Crippen molar-refractivity contribution >= 4 is 28.2 Å². The largest absolute Gasteiger partial charge is 0.465 e. The number of ether oxygens (including phenoxy) is 1. The highest BCUT2D eigenvalue weighted by Gasteiger charge is 2.17. The van der Waals surface area contributed by atoms with E-state index in [0.29, 0.717) is 28.0 Å². The smallest absolute Gasteiger partial charge is 0.337 e. The van der Waals surface area contributed by atoms with Gasteiger partial charge in [0.2, 0.25) is 0 Å². The van der Waals surface area contributed by atoms with Gasteiger partial charge in [-0.15, -0.1) is 0 Å². The van der Waals surface area contributed by atoms with Gasteiger partial charge in [0.1, 0.15) is 11.3 Å². The fourth-order valence-corrected chi connectivity index (χ4v) is 3.39. The number of hydrogen-bond acceptors (Lipinski definition) is 4. The van der Waals surface area contributed by atoms with Gasteiger partial charge in [-0.05, 0) is 48.5 Å². The second kappa shape index (κ2) is 7.27. The molecule has 6 nitrogen and oxygen atoms in total. The number of carbonyl (C=O) groups excluding carboxylic acids is 1. The molecule has 0 spiro atoms. The van der Waals surface area contributed by atoms with Crippen LogP contribution < -0.4 is 10.9 Å². The molecule has 0 radical (unpaired) electrons. The van der Waals surface area contributed by atoms with Crippen LogP contribution in [0.4, 0.5) is 15.8 Å². The average Bonchev–Trinajstić information content (AvgIpc) is 3.07. The van der Waals surface area contributed by atoms with Gasteiger partial charge in [0.05, 0.1) is 12.7 Å². The Morgan fingerprint density at radius 2 is 1.86 bits per heavy atom. The summed E-state index contributed by atoms with van der Waals surface area (Å²) in [5.41, 5.74) is 3.60. The van der Waals surface area contributed by atoms with Gasteiger partial charge >= 0.3 is 5.97 Å². The van der Waals surface area contributed by atoms with Crippen molar-refractivity contribution in [1.29, 1.82) is 0 Å². The van der Waals surface area contributed by atoms with E-state index in [-0.39, 0.29) is 11.4 Å². The summed E-state index contributed by atoms with van der Waals surface area (Å²) in [5.74, 6) is -0.789. The van der Waals surface area contributed by atoms with E-state index < -0.39 is 5.97 Å². The number of benzene rings is 2. The highest BCUT2D eigenvalue weighted by Crippen LogP contribution is 2.36. The van der Waals surface area contributed by atoms with E-state index in [2.05, 4.69) is 10.3 Å². The summed E-state index contributed by atoms with van der Waals surface area (Å²) in [7, 11) is 3.11. The minimum absolute atomic E-state index is 0.201. The quantitative estimate of drug-likeness (QED) is 0.511. The molecule has 0 amide bonds. The maximum atomic E-state index is 13.3. The normalized spacial score (nSPS) is 10.9. The summed E-state index contributed by atoms with van der Waals surface area (Å²) in [5, 5.41) is 4.01.